The van der Waals surface area contributed by atoms with Crippen LogP contribution in [0.1, 0.15) is 29.5 Å². The van der Waals surface area contributed by atoms with Gasteiger partial charge >= 0.3 is 6.18 Å². The molecule has 3 aromatic rings. The lowest BCUT2D eigenvalue weighted by atomic mass is 10.0. The van der Waals surface area contributed by atoms with Gasteiger partial charge in [-0.05, 0) is 42.2 Å². The fourth-order valence-corrected chi connectivity index (χ4v) is 3.46. The summed E-state index contributed by atoms with van der Waals surface area (Å²) in [7, 11) is 0. The highest BCUT2D eigenvalue weighted by Crippen LogP contribution is 2.35. The number of nitrogens with one attached hydrogen (secondary N) is 1. The highest BCUT2D eigenvalue weighted by atomic mass is 35.5. The molecule has 2 heterocycles. The number of alkyl halides is 3. The lowest BCUT2D eigenvalue weighted by Gasteiger charge is -2.11. The van der Waals surface area contributed by atoms with E-state index in [2.05, 4.69) is 15.3 Å². The Bertz CT molecular complexity index is 1210. The molecule has 0 bridgehead atoms. The third kappa shape index (κ3) is 6.32. The van der Waals surface area contributed by atoms with Crippen LogP contribution in [0.4, 0.5) is 19.0 Å². The van der Waals surface area contributed by atoms with Crippen LogP contribution in [0.2, 0.25) is 5.02 Å². The third-order valence-corrected chi connectivity index (χ3v) is 5.42. The van der Waals surface area contributed by atoms with Gasteiger partial charge in [-0.15, -0.1) is 0 Å². The normalized spacial score (nSPS) is 13.4. The lowest BCUT2D eigenvalue weighted by molar-refractivity contribution is -0.137. The molecule has 10 heteroatoms. The number of carbonyl (C=O) groups excluding carboxylic acids is 2. The van der Waals surface area contributed by atoms with Crippen molar-refractivity contribution in [1.82, 2.24) is 9.97 Å². The first kappa shape index (κ1) is 23.7. The molecule has 0 unspecified atom stereocenters. The third-order valence-electron chi connectivity index (χ3n) is 5.09. The molecule has 1 N–H and O–H groups in total. The van der Waals surface area contributed by atoms with Crippen molar-refractivity contribution in [3.05, 3.63) is 76.6 Å². The van der Waals surface area contributed by atoms with E-state index in [1.807, 2.05) is 0 Å². The largest absolute Gasteiger partial charge is 0.439 e. The monoisotopic (exact) mass is 489 g/mol. The Morgan fingerprint density at radius 1 is 1.03 bits per heavy atom. The van der Waals surface area contributed by atoms with E-state index in [0.29, 0.717) is 17.1 Å². The number of carbonyl (C=O) groups is 2. The zero-order valence-electron chi connectivity index (χ0n) is 17.7. The number of anilines is 1. The van der Waals surface area contributed by atoms with Gasteiger partial charge in [0.15, 0.2) is 0 Å². The smallest absolute Gasteiger partial charge is 0.417 e. The summed E-state index contributed by atoms with van der Waals surface area (Å²) in [4.78, 5) is 32.5. The van der Waals surface area contributed by atoms with E-state index in [4.69, 9.17) is 16.3 Å². The second kappa shape index (κ2) is 9.80. The van der Waals surface area contributed by atoms with Crippen LogP contribution < -0.4 is 10.1 Å². The number of halogens is 4. The second-order valence-electron chi connectivity index (χ2n) is 7.95. The van der Waals surface area contributed by atoms with Gasteiger partial charge < -0.3 is 10.1 Å². The molecule has 176 valence electrons. The van der Waals surface area contributed by atoms with Crippen molar-refractivity contribution < 1.29 is 27.5 Å². The lowest BCUT2D eigenvalue weighted by Crippen LogP contribution is -2.14. The fraction of sp³-hybridized carbons (Fsp3) is 0.250. The highest BCUT2D eigenvalue weighted by Gasteiger charge is 2.33. The molecule has 6 nitrogen and oxygen atoms in total. The maximum atomic E-state index is 13.0. The van der Waals surface area contributed by atoms with Crippen molar-refractivity contribution in [3.63, 3.8) is 0 Å². The number of Topliss-reactive ketones (excluding diaryl/α,β-unsaturated/α-hetero) is 1. The summed E-state index contributed by atoms with van der Waals surface area (Å²) in [6, 6.07) is 9.87. The molecule has 0 atom stereocenters. The predicted octanol–water partition coefficient (Wildman–Crippen LogP) is 5.64. The van der Waals surface area contributed by atoms with Gasteiger partial charge in [0.05, 0.1) is 10.6 Å². The van der Waals surface area contributed by atoms with Crippen molar-refractivity contribution in [2.24, 2.45) is 5.92 Å². The summed E-state index contributed by atoms with van der Waals surface area (Å²) in [5.74, 6) is 0.804. The van der Waals surface area contributed by atoms with Crippen LogP contribution in [0, 0.1) is 5.92 Å². The summed E-state index contributed by atoms with van der Waals surface area (Å²) >= 11 is 5.62. The van der Waals surface area contributed by atoms with Gasteiger partial charge in [-0.3, -0.25) is 9.59 Å². The maximum absolute atomic E-state index is 13.0. The van der Waals surface area contributed by atoms with Gasteiger partial charge in [0.25, 0.3) is 0 Å². The Morgan fingerprint density at radius 2 is 1.76 bits per heavy atom. The van der Waals surface area contributed by atoms with E-state index in [1.54, 1.807) is 24.3 Å². The van der Waals surface area contributed by atoms with Gasteiger partial charge in [-0.25, -0.2) is 9.97 Å². The Balaban J connectivity index is 1.34. The Labute approximate surface area is 198 Å². The van der Waals surface area contributed by atoms with E-state index >= 15 is 0 Å². The van der Waals surface area contributed by atoms with Crippen LogP contribution in [0.25, 0.3) is 0 Å². The fourth-order valence-electron chi connectivity index (χ4n) is 3.23. The number of hydrogen-bond acceptors (Lipinski definition) is 5. The summed E-state index contributed by atoms with van der Waals surface area (Å²) in [5, 5.41) is 2.33. The number of nitrogens with zero attached hydrogens (tertiary/aromatic N) is 2. The highest BCUT2D eigenvalue weighted by molar-refractivity contribution is 6.31. The van der Waals surface area contributed by atoms with Gasteiger partial charge in [0.2, 0.25) is 11.8 Å². The topological polar surface area (TPSA) is 81.2 Å². The minimum Gasteiger partial charge on any atom is -0.439 e. The molecule has 0 radical (unpaired) electrons. The number of rotatable bonds is 8. The van der Waals surface area contributed by atoms with Crippen LogP contribution in [-0.4, -0.2) is 21.7 Å². The van der Waals surface area contributed by atoms with E-state index in [1.165, 1.54) is 18.5 Å². The Kier molecular flexibility index (Phi) is 6.83. The standard InChI is InChI=1S/C24H19ClF3N3O3/c25-20-5-1-14(11-19(20)24(26,27)28)9-17(32)10-15-2-6-22(30-13-15)34-18-7-8-29-21(12-18)31-23(33)16-3-4-16/h1-2,5-8,11-13,16H,3-4,9-10H2,(H,29,31,33). The van der Waals surface area contributed by atoms with Crippen molar-refractivity contribution in [2.75, 3.05) is 5.32 Å². The summed E-state index contributed by atoms with van der Waals surface area (Å²) in [6.45, 7) is 0. The Hall–Kier alpha value is -3.46. The zero-order valence-corrected chi connectivity index (χ0v) is 18.5. The number of ketones is 1. The molecule has 0 aliphatic heterocycles. The van der Waals surface area contributed by atoms with E-state index in [9.17, 15) is 22.8 Å². The van der Waals surface area contributed by atoms with Crippen LogP contribution in [-0.2, 0) is 28.6 Å². The van der Waals surface area contributed by atoms with Crippen molar-refractivity contribution >= 4 is 29.1 Å². The van der Waals surface area contributed by atoms with Crippen LogP contribution >= 0.6 is 11.6 Å². The number of hydrogen-bond donors (Lipinski definition) is 1. The summed E-state index contributed by atoms with van der Waals surface area (Å²) in [6.07, 6.45) is -0.00769. The number of benzene rings is 1. The minimum absolute atomic E-state index is 0.00383. The van der Waals surface area contributed by atoms with E-state index in [-0.39, 0.29) is 41.9 Å². The molecule has 1 amide bonds. The van der Waals surface area contributed by atoms with Crippen LogP contribution in [0.3, 0.4) is 0 Å². The number of aromatic nitrogens is 2. The Morgan fingerprint density at radius 3 is 2.44 bits per heavy atom. The molecule has 1 saturated carbocycles. The van der Waals surface area contributed by atoms with Crippen molar-refractivity contribution in [2.45, 2.75) is 31.9 Å². The molecule has 4 rings (SSSR count). The van der Waals surface area contributed by atoms with Gasteiger partial charge in [0.1, 0.15) is 17.4 Å². The van der Waals surface area contributed by atoms with Crippen LogP contribution in [0.5, 0.6) is 11.6 Å². The number of ether oxygens (including phenoxy) is 1. The van der Waals surface area contributed by atoms with E-state index in [0.717, 1.165) is 25.0 Å². The first-order chi connectivity index (χ1) is 16.2. The second-order valence-corrected chi connectivity index (χ2v) is 8.36. The molecule has 34 heavy (non-hydrogen) atoms. The molecule has 1 aliphatic carbocycles. The average Bonchev–Trinajstić information content (AvgIpc) is 3.62. The predicted molar refractivity (Wildman–Crippen MR) is 119 cm³/mol. The first-order valence-electron chi connectivity index (χ1n) is 10.4. The molecule has 0 saturated heterocycles. The molecule has 1 aromatic carbocycles. The molecule has 1 fully saturated rings. The average molecular weight is 490 g/mol. The van der Waals surface area contributed by atoms with Gasteiger partial charge in [-0.1, -0.05) is 23.7 Å². The van der Waals surface area contributed by atoms with E-state index < -0.39 is 16.8 Å². The van der Waals surface area contributed by atoms with Gasteiger partial charge in [-0.2, -0.15) is 13.2 Å². The van der Waals surface area contributed by atoms with Crippen molar-refractivity contribution in [3.8, 4) is 11.6 Å². The van der Waals surface area contributed by atoms with Gasteiger partial charge in [0, 0.05) is 43.3 Å². The van der Waals surface area contributed by atoms with Crippen LogP contribution in [0.15, 0.2) is 54.9 Å². The SMILES string of the molecule is O=C(Cc1ccc(Oc2ccnc(NC(=O)C3CC3)c2)nc1)Cc1ccc(Cl)c(C(F)(F)F)c1. The number of amides is 1. The summed E-state index contributed by atoms with van der Waals surface area (Å²) < 4.78 is 44.7. The van der Waals surface area contributed by atoms with Crippen molar-refractivity contribution in [1.29, 1.82) is 0 Å². The maximum Gasteiger partial charge on any atom is 0.417 e. The molecule has 2 aromatic heterocycles. The number of pyridine rings is 2. The zero-order chi connectivity index (χ0) is 24.3. The summed E-state index contributed by atoms with van der Waals surface area (Å²) in [5.41, 5.74) is -0.139. The molecular formula is C24H19ClF3N3O3. The molecule has 1 aliphatic rings. The molecule has 0 spiro atoms. The first-order valence-corrected chi connectivity index (χ1v) is 10.8. The molecular weight excluding hydrogens is 471 g/mol. The quantitative estimate of drug-likeness (QED) is 0.442. The minimum atomic E-state index is -4.59.